The van der Waals surface area contributed by atoms with Crippen LogP contribution in [0.15, 0.2) is 0 Å². The molecule has 2 aliphatic rings. The predicted molar refractivity (Wildman–Crippen MR) is 55.9 cm³/mol. The molecule has 0 aliphatic heterocycles. The fraction of sp³-hybridized carbons (Fsp3) is 0.909. The minimum atomic E-state index is 0.188. The van der Waals surface area contributed by atoms with Gasteiger partial charge in [-0.05, 0) is 45.2 Å². The predicted octanol–water partition coefficient (Wildman–Crippen LogP) is 0.853. The maximum absolute atomic E-state index is 11.5. The van der Waals surface area contributed by atoms with Gasteiger partial charge < -0.3 is 10.2 Å². The first-order valence-corrected chi connectivity index (χ1v) is 5.59. The molecule has 3 heteroatoms. The van der Waals surface area contributed by atoms with Crippen LogP contribution in [0.5, 0.6) is 0 Å². The lowest BCUT2D eigenvalue weighted by atomic mass is 9.95. The van der Waals surface area contributed by atoms with E-state index < -0.39 is 0 Å². The molecule has 0 aromatic carbocycles. The fourth-order valence-electron chi connectivity index (χ4n) is 2.96. The molecule has 3 unspecified atom stereocenters. The van der Waals surface area contributed by atoms with Crippen LogP contribution in [0.25, 0.3) is 0 Å². The van der Waals surface area contributed by atoms with Gasteiger partial charge in [0.25, 0.3) is 0 Å². The fourth-order valence-corrected chi connectivity index (χ4v) is 2.96. The third-order valence-electron chi connectivity index (χ3n) is 3.54. The standard InChI is InChI=1S/C11H20N2O/c1-13(2)7-11(14)12-10-6-8-3-4-9(10)5-8/h8-10H,3-7H2,1-2H3,(H,12,14). The zero-order chi connectivity index (χ0) is 10.1. The van der Waals surface area contributed by atoms with Gasteiger partial charge >= 0.3 is 0 Å². The zero-order valence-corrected chi connectivity index (χ0v) is 9.12. The van der Waals surface area contributed by atoms with Crippen molar-refractivity contribution in [2.75, 3.05) is 20.6 Å². The Labute approximate surface area is 85.8 Å². The van der Waals surface area contributed by atoms with Crippen molar-refractivity contribution in [2.24, 2.45) is 11.8 Å². The summed E-state index contributed by atoms with van der Waals surface area (Å²) in [7, 11) is 3.86. The molecular weight excluding hydrogens is 176 g/mol. The van der Waals surface area contributed by atoms with Crippen molar-refractivity contribution in [1.82, 2.24) is 10.2 Å². The Bertz CT molecular complexity index is 227. The largest absolute Gasteiger partial charge is 0.352 e. The Hall–Kier alpha value is -0.570. The summed E-state index contributed by atoms with van der Waals surface area (Å²) in [4.78, 5) is 13.5. The molecule has 0 aromatic heterocycles. The van der Waals surface area contributed by atoms with Crippen molar-refractivity contribution in [3.63, 3.8) is 0 Å². The van der Waals surface area contributed by atoms with Crippen molar-refractivity contribution in [2.45, 2.75) is 31.7 Å². The van der Waals surface area contributed by atoms with E-state index in [9.17, 15) is 4.79 Å². The molecule has 0 radical (unpaired) electrons. The van der Waals surface area contributed by atoms with E-state index in [4.69, 9.17) is 0 Å². The number of rotatable bonds is 3. The first-order chi connectivity index (χ1) is 6.65. The second kappa shape index (κ2) is 3.89. The molecule has 2 fully saturated rings. The smallest absolute Gasteiger partial charge is 0.234 e. The molecule has 3 nitrogen and oxygen atoms in total. The Morgan fingerprint density at radius 3 is 2.64 bits per heavy atom. The van der Waals surface area contributed by atoms with Crippen LogP contribution in [0.2, 0.25) is 0 Å². The molecular formula is C11H20N2O. The minimum Gasteiger partial charge on any atom is -0.352 e. The van der Waals surface area contributed by atoms with Crippen molar-refractivity contribution < 1.29 is 4.79 Å². The van der Waals surface area contributed by atoms with Gasteiger partial charge in [-0.1, -0.05) is 6.42 Å². The van der Waals surface area contributed by atoms with Crippen LogP contribution in [0.1, 0.15) is 25.7 Å². The number of nitrogens with zero attached hydrogens (tertiary/aromatic N) is 1. The molecule has 0 heterocycles. The quantitative estimate of drug-likeness (QED) is 0.726. The molecule has 2 rings (SSSR count). The van der Waals surface area contributed by atoms with Crippen LogP contribution in [0.4, 0.5) is 0 Å². The molecule has 0 saturated heterocycles. The number of nitrogens with one attached hydrogen (secondary N) is 1. The van der Waals surface area contributed by atoms with E-state index in [1.165, 1.54) is 25.7 Å². The van der Waals surface area contributed by atoms with Crippen molar-refractivity contribution in [1.29, 1.82) is 0 Å². The minimum absolute atomic E-state index is 0.188. The van der Waals surface area contributed by atoms with Gasteiger partial charge in [-0.25, -0.2) is 0 Å². The van der Waals surface area contributed by atoms with Crippen LogP contribution in [-0.4, -0.2) is 37.5 Å². The van der Waals surface area contributed by atoms with Crippen LogP contribution in [0, 0.1) is 11.8 Å². The van der Waals surface area contributed by atoms with Crippen molar-refractivity contribution in [3.05, 3.63) is 0 Å². The van der Waals surface area contributed by atoms with E-state index in [1.807, 2.05) is 19.0 Å². The van der Waals surface area contributed by atoms with Gasteiger partial charge in [-0.3, -0.25) is 4.79 Å². The van der Waals surface area contributed by atoms with Gasteiger partial charge in [-0.15, -0.1) is 0 Å². The zero-order valence-electron chi connectivity index (χ0n) is 9.12. The normalized spacial score (nSPS) is 35.2. The summed E-state index contributed by atoms with van der Waals surface area (Å²) < 4.78 is 0. The van der Waals surface area contributed by atoms with Crippen LogP contribution in [0.3, 0.4) is 0 Å². The maximum atomic E-state index is 11.5. The molecule has 1 N–H and O–H groups in total. The molecule has 1 amide bonds. The number of amides is 1. The summed E-state index contributed by atoms with van der Waals surface area (Å²) in [5.41, 5.74) is 0. The monoisotopic (exact) mass is 196 g/mol. The lowest BCUT2D eigenvalue weighted by molar-refractivity contribution is -0.122. The van der Waals surface area contributed by atoms with Gasteiger partial charge in [0.15, 0.2) is 0 Å². The maximum Gasteiger partial charge on any atom is 0.234 e. The highest BCUT2D eigenvalue weighted by molar-refractivity contribution is 5.78. The molecule has 0 aromatic rings. The second-order valence-corrected chi connectivity index (χ2v) is 5.09. The van der Waals surface area contributed by atoms with E-state index >= 15 is 0 Å². The summed E-state index contributed by atoms with van der Waals surface area (Å²) in [6.45, 7) is 0.522. The average molecular weight is 196 g/mol. The Morgan fingerprint density at radius 1 is 1.36 bits per heavy atom. The van der Waals surface area contributed by atoms with Gasteiger partial charge in [0, 0.05) is 6.04 Å². The molecule has 2 bridgehead atoms. The number of carbonyl (C=O) groups excluding carboxylic acids is 1. The van der Waals surface area contributed by atoms with Gasteiger partial charge in [0.2, 0.25) is 5.91 Å². The summed E-state index contributed by atoms with van der Waals surface area (Å²) >= 11 is 0. The SMILES string of the molecule is CN(C)CC(=O)NC1CC2CCC1C2. The van der Waals surface area contributed by atoms with Crippen molar-refractivity contribution in [3.8, 4) is 0 Å². The number of fused-ring (bicyclic) bond motifs is 2. The van der Waals surface area contributed by atoms with Crippen LogP contribution in [-0.2, 0) is 4.79 Å². The lowest BCUT2D eigenvalue weighted by Gasteiger charge is -2.23. The molecule has 3 atom stereocenters. The van der Waals surface area contributed by atoms with E-state index in [2.05, 4.69) is 5.32 Å². The van der Waals surface area contributed by atoms with Gasteiger partial charge in [0.05, 0.1) is 6.54 Å². The van der Waals surface area contributed by atoms with Crippen LogP contribution < -0.4 is 5.32 Å². The highest BCUT2D eigenvalue weighted by Gasteiger charge is 2.39. The summed E-state index contributed by atoms with van der Waals surface area (Å²) in [6, 6.07) is 0.487. The van der Waals surface area contributed by atoms with E-state index in [0.717, 1.165) is 11.8 Å². The number of carbonyl (C=O) groups is 1. The lowest BCUT2D eigenvalue weighted by Crippen LogP contribution is -2.42. The molecule has 14 heavy (non-hydrogen) atoms. The Morgan fingerprint density at radius 2 is 2.14 bits per heavy atom. The van der Waals surface area contributed by atoms with E-state index in [1.54, 1.807) is 0 Å². The Kier molecular flexibility index (Phi) is 2.77. The van der Waals surface area contributed by atoms with E-state index in [0.29, 0.717) is 12.6 Å². The summed E-state index contributed by atoms with van der Waals surface area (Å²) in [6.07, 6.45) is 5.30. The third kappa shape index (κ3) is 2.08. The highest BCUT2D eigenvalue weighted by Crippen LogP contribution is 2.44. The first kappa shape index (κ1) is 9.97. The highest BCUT2D eigenvalue weighted by atomic mass is 16.2. The van der Waals surface area contributed by atoms with Gasteiger partial charge in [-0.2, -0.15) is 0 Å². The number of hydrogen-bond acceptors (Lipinski definition) is 2. The molecule has 0 spiro atoms. The molecule has 80 valence electrons. The Balaban J connectivity index is 1.78. The number of hydrogen-bond donors (Lipinski definition) is 1. The second-order valence-electron chi connectivity index (χ2n) is 5.09. The first-order valence-electron chi connectivity index (χ1n) is 5.59. The average Bonchev–Trinajstić information content (AvgIpc) is 2.62. The number of likely N-dealkylation sites (N-methyl/N-ethyl adjacent to an activating group) is 1. The molecule has 2 saturated carbocycles. The summed E-state index contributed by atoms with van der Waals surface area (Å²) in [5.74, 6) is 1.88. The van der Waals surface area contributed by atoms with Gasteiger partial charge in [0.1, 0.15) is 0 Å². The van der Waals surface area contributed by atoms with E-state index in [-0.39, 0.29) is 5.91 Å². The van der Waals surface area contributed by atoms with Crippen LogP contribution >= 0.6 is 0 Å². The topological polar surface area (TPSA) is 32.3 Å². The summed E-state index contributed by atoms with van der Waals surface area (Å²) in [5, 5.41) is 3.16. The van der Waals surface area contributed by atoms with Crippen molar-refractivity contribution >= 4 is 5.91 Å². The third-order valence-corrected chi connectivity index (χ3v) is 3.54. The molecule has 2 aliphatic carbocycles.